The Balaban J connectivity index is 1.87. The number of carbonyl (C=O) groups excluding carboxylic acids is 1. The van der Waals surface area contributed by atoms with E-state index in [-0.39, 0.29) is 11.4 Å². The average molecular weight is 285 g/mol. The number of anilines is 1. The summed E-state index contributed by atoms with van der Waals surface area (Å²) in [5, 5.41) is 4.80. The minimum Gasteiger partial charge on any atom is -0.383 e. The van der Waals surface area contributed by atoms with Gasteiger partial charge in [-0.2, -0.15) is 0 Å². The highest BCUT2D eigenvalue weighted by atomic mass is 16.5. The third-order valence-electron chi connectivity index (χ3n) is 3.86. The number of hydrogen-bond donors (Lipinski definition) is 2. The van der Waals surface area contributed by atoms with Gasteiger partial charge in [-0.1, -0.05) is 24.3 Å². The number of carbonyl (C=O) groups is 1. The lowest BCUT2D eigenvalue weighted by Crippen LogP contribution is -2.51. The quantitative estimate of drug-likeness (QED) is 0.886. The molecule has 1 aliphatic rings. The van der Waals surface area contributed by atoms with Crippen molar-refractivity contribution in [1.82, 2.24) is 10.3 Å². The van der Waals surface area contributed by atoms with Crippen molar-refractivity contribution in [3.8, 4) is 0 Å². The molecule has 1 saturated heterocycles. The molecule has 21 heavy (non-hydrogen) atoms. The van der Waals surface area contributed by atoms with E-state index in [0.717, 1.165) is 30.2 Å². The summed E-state index contributed by atoms with van der Waals surface area (Å²) < 4.78 is 5.46. The number of ether oxygens (including phenoxy) is 1. The van der Waals surface area contributed by atoms with Gasteiger partial charge in [-0.15, -0.1) is 0 Å². The van der Waals surface area contributed by atoms with E-state index < -0.39 is 0 Å². The zero-order valence-electron chi connectivity index (χ0n) is 12.1. The van der Waals surface area contributed by atoms with E-state index in [4.69, 9.17) is 10.5 Å². The summed E-state index contributed by atoms with van der Waals surface area (Å²) in [7, 11) is 0. The van der Waals surface area contributed by atoms with Gasteiger partial charge >= 0.3 is 0 Å². The van der Waals surface area contributed by atoms with Crippen molar-refractivity contribution in [3.63, 3.8) is 0 Å². The van der Waals surface area contributed by atoms with Crippen molar-refractivity contribution < 1.29 is 9.53 Å². The minimum atomic E-state index is -0.336. The number of benzene rings is 1. The van der Waals surface area contributed by atoms with E-state index >= 15 is 0 Å². The maximum absolute atomic E-state index is 12.4. The SMILES string of the molecule is CC1(NC(=O)c2cc3ccccc3c(N)n2)CCCOC1. The molecule has 2 heterocycles. The van der Waals surface area contributed by atoms with Crippen LogP contribution in [0.5, 0.6) is 0 Å². The van der Waals surface area contributed by atoms with E-state index in [1.54, 1.807) is 6.07 Å². The highest BCUT2D eigenvalue weighted by Gasteiger charge is 2.30. The predicted octanol–water partition coefficient (Wildman–Crippen LogP) is 2.12. The largest absolute Gasteiger partial charge is 0.383 e. The summed E-state index contributed by atoms with van der Waals surface area (Å²) in [6, 6.07) is 9.42. The second-order valence-corrected chi connectivity index (χ2v) is 5.78. The van der Waals surface area contributed by atoms with Gasteiger partial charge in [0.15, 0.2) is 0 Å². The van der Waals surface area contributed by atoms with Gasteiger partial charge in [0.25, 0.3) is 5.91 Å². The second kappa shape index (κ2) is 5.33. The number of nitrogens with two attached hydrogens (primary N) is 1. The topological polar surface area (TPSA) is 77.2 Å². The number of nitrogen functional groups attached to an aromatic ring is 1. The van der Waals surface area contributed by atoms with Crippen LogP contribution in [0.1, 0.15) is 30.3 Å². The molecule has 3 rings (SSSR count). The molecular weight excluding hydrogens is 266 g/mol. The highest BCUT2D eigenvalue weighted by Crippen LogP contribution is 2.22. The Morgan fingerprint density at radius 3 is 3.00 bits per heavy atom. The minimum absolute atomic E-state index is 0.208. The Morgan fingerprint density at radius 2 is 2.24 bits per heavy atom. The predicted molar refractivity (Wildman–Crippen MR) is 82.1 cm³/mol. The molecule has 1 fully saturated rings. The lowest BCUT2D eigenvalue weighted by molar-refractivity contribution is 0.0271. The van der Waals surface area contributed by atoms with E-state index in [9.17, 15) is 4.79 Å². The number of pyridine rings is 1. The van der Waals surface area contributed by atoms with E-state index in [1.807, 2.05) is 31.2 Å². The molecule has 5 nitrogen and oxygen atoms in total. The van der Waals surface area contributed by atoms with Crippen LogP contribution in [0, 0.1) is 0 Å². The van der Waals surface area contributed by atoms with Crippen LogP contribution >= 0.6 is 0 Å². The summed E-state index contributed by atoms with van der Waals surface area (Å²) in [4.78, 5) is 16.7. The Hall–Kier alpha value is -2.14. The van der Waals surface area contributed by atoms with E-state index in [1.165, 1.54) is 0 Å². The number of fused-ring (bicyclic) bond motifs is 1. The van der Waals surface area contributed by atoms with Crippen molar-refractivity contribution in [2.75, 3.05) is 18.9 Å². The maximum atomic E-state index is 12.4. The highest BCUT2D eigenvalue weighted by molar-refractivity contribution is 6.00. The normalized spacial score (nSPS) is 22.1. The van der Waals surface area contributed by atoms with Crippen LogP contribution < -0.4 is 11.1 Å². The molecule has 0 radical (unpaired) electrons. The lowest BCUT2D eigenvalue weighted by Gasteiger charge is -2.34. The van der Waals surface area contributed by atoms with Gasteiger partial charge < -0.3 is 15.8 Å². The number of rotatable bonds is 2. The Morgan fingerprint density at radius 1 is 1.43 bits per heavy atom. The molecule has 1 aromatic carbocycles. The first-order valence-corrected chi connectivity index (χ1v) is 7.13. The first-order chi connectivity index (χ1) is 10.1. The molecule has 1 unspecified atom stereocenters. The smallest absolute Gasteiger partial charge is 0.270 e. The third kappa shape index (κ3) is 2.83. The van der Waals surface area contributed by atoms with Crippen molar-refractivity contribution >= 4 is 22.5 Å². The Kier molecular flexibility index (Phi) is 3.51. The fraction of sp³-hybridized carbons (Fsp3) is 0.375. The number of hydrogen-bond acceptors (Lipinski definition) is 4. The molecule has 0 spiro atoms. The number of nitrogens with one attached hydrogen (secondary N) is 1. The molecule has 2 aromatic rings. The van der Waals surface area contributed by atoms with Crippen LogP contribution in [-0.2, 0) is 4.74 Å². The third-order valence-corrected chi connectivity index (χ3v) is 3.86. The Bertz CT molecular complexity index is 678. The summed E-state index contributed by atoms with van der Waals surface area (Å²) in [5.41, 5.74) is 5.95. The van der Waals surface area contributed by atoms with E-state index in [2.05, 4.69) is 10.3 Å². The van der Waals surface area contributed by atoms with Gasteiger partial charge in [0, 0.05) is 12.0 Å². The zero-order chi connectivity index (χ0) is 14.9. The zero-order valence-corrected chi connectivity index (χ0v) is 12.1. The lowest BCUT2D eigenvalue weighted by atomic mass is 9.94. The molecule has 5 heteroatoms. The summed E-state index contributed by atoms with van der Waals surface area (Å²) in [6.07, 6.45) is 1.85. The van der Waals surface area contributed by atoms with Gasteiger partial charge in [0.2, 0.25) is 0 Å². The molecular formula is C16H19N3O2. The molecule has 1 aromatic heterocycles. The first-order valence-electron chi connectivity index (χ1n) is 7.13. The molecule has 1 amide bonds. The standard InChI is InChI=1S/C16H19N3O2/c1-16(7-4-8-21-10-16)19-15(20)13-9-11-5-2-3-6-12(11)14(17)18-13/h2-3,5-6,9H,4,7-8,10H2,1H3,(H2,17,18)(H,19,20). The van der Waals surface area contributed by atoms with Gasteiger partial charge in [0.05, 0.1) is 12.1 Å². The molecule has 1 aliphatic heterocycles. The second-order valence-electron chi connectivity index (χ2n) is 5.78. The fourth-order valence-corrected chi connectivity index (χ4v) is 2.71. The van der Waals surface area contributed by atoms with Crippen LogP contribution in [0.4, 0.5) is 5.82 Å². The van der Waals surface area contributed by atoms with Crippen molar-refractivity contribution in [1.29, 1.82) is 0 Å². The summed E-state index contributed by atoms with van der Waals surface area (Å²) in [6.45, 7) is 3.28. The first kappa shape index (κ1) is 13.8. The van der Waals surface area contributed by atoms with Crippen LogP contribution in [0.2, 0.25) is 0 Å². The fourth-order valence-electron chi connectivity index (χ4n) is 2.71. The molecule has 0 aliphatic carbocycles. The molecule has 3 N–H and O–H groups in total. The van der Waals surface area contributed by atoms with E-state index in [0.29, 0.717) is 18.1 Å². The van der Waals surface area contributed by atoms with Gasteiger partial charge in [-0.05, 0) is 31.2 Å². The van der Waals surface area contributed by atoms with Crippen LogP contribution in [0.3, 0.4) is 0 Å². The van der Waals surface area contributed by atoms with Crippen molar-refractivity contribution in [2.24, 2.45) is 0 Å². The number of amides is 1. The van der Waals surface area contributed by atoms with Crippen LogP contribution in [0.15, 0.2) is 30.3 Å². The average Bonchev–Trinajstić information content (AvgIpc) is 2.47. The van der Waals surface area contributed by atoms with Gasteiger partial charge in [0.1, 0.15) is 11.5 Å². The molecule has 0 saturated carbocycles. The van der Waals surface area contributed by atoms with Gasteiger partial charge in [-0.3, -0.25) is 4.79 Å². The molecule has 110 valence electrons. The number of aromatic nitrogens is 1. The number of nitrogens with zero attached hydrogens (tertiary/aromatic N) is 1. The van der Waals surface area contributed by atoms with Crippen LogP contribution in [0.25, 0.3) is 10.8 Å². The molecule has 0 bridgehead atoms. The Labute approximate surface area is 123 Å². The van der Waals surface area contributed by atoms with Crippen molar-refractivity contribution in [2.45, 2.75) is 25.3 Å². The van der Waals surface area contributed by atoms with Crippen molar-refractivity contribution in [3.05, 3.63) is 36.0 Å². The van der Waals surface area contributed by atoms with Gasteiger partial charge in [-0.25, -0.2) is 4.98 Å². The molecule has 1 atom stereocenters. The van der Waals surface area contributed by atoms with Crippen LogP contribution in [-0.4, -0.2) is 29.6 Å². The summed E-state index contributed by atoms with van der Waals surface area (Å²) in [5.74, 6) is 0.170. The summed E-state index contributed by atoms with van der Waals surface area (Å²) >= 11 is 0. The maximum Gasteiger partial charge on any atom is 0.270 e. The monoisotopic (exact) mass is 285 g/mol.